The average molecular weight is 439 g/mol. The summed E-state index contributed by atoms with van der Waals surface area (Å²) in [5.74, 6) is -0.462. The molecule has 2 heterocycles. The van der Waals surface area contributed by atoms with E-state index in [9.17, 15) is 9.59 Å². The monoisotopic (exact) mass is 438 g/mol. The molecule has 2 aliphatic heterocycles. The Hall–Kier alpha value is -2.40. The minimum atomic E-state index is -0.240. The van der Waals surface area contributed by atoms with Gasteiger partial charge in [-0.3, -0.25) is 9.59 Å². The van der Waals surface area contributed by atoms with E-state index < -0.39 is 0 Å². The van der Waals surface area contributed by atoms with Crippen LogP contribution in [0.1, 0.15) is 36.0 Å². The zero-order valence-corrected chi connectivity index (χ0v) is 17.8. The molecule has 0 atom stereocenters. The molecule has 2 aromatic carbocycles. The van der Waals surface area contributed by atoms with Gasteiger partial charge in [-0.1, -0.05) is 45.8 Å². The molecule has 28 heavy (non-hydrogen) atoms. The molecule has 0 radical (unpaired) electrons. The first-order valence-corrected chi connectivity index (χ1v) is 10.5. The Balaban J connectivity index is 1.87. The van der Waals surface area contributed by atoms with Crippen LogP contribution in [0.15, 0.2) is 52.6 Å². The summed E-state index contributed by atoms with van der Waals surface area (Å²) in [5, 5.41) is 0. The summed E-state index contributed by atoms with van der Waals surface area (Å²) in [7, 11) is 0. The number of aryl methyl sites for hydroxylation is 2. The third-order valence-electron chi connectivity index (χ3n) is 5.45. The number of likely N-dealkylation sites (tertiary alicyclic amines) is 1. The molecule has 1 fully saturated rings. The summed E-state index contributed by atoms with van der Waals surface area (Å²) < 4.78 is 0.838. The highest BCUT2D eigenvalue weighted by molar-refractivity contribution is 9.10. The molecule has 2 amide bonds. The number of piperidine rings is 1. The predicted octanol–water partition coefficient (Wildman–Crippen LogP) is 4.84. The number of rotatable bonds is 3. The first kappa shape index (κ1) is 18.9. The Morgan fingerprint density at radius 3 is 2.32 bits per heavy atom. The number of hydrogen-bond acceptors (Lipinski definition) is 3. The van der Waals surface area contributed by atoms with E-state index in [1.54, 1.807) is 6.07 Å². The van der Waals surface area contributed by atoms with E-state index in [0.29, 0.717) is 17.0 Å². The topological polar surface area (TPSA) is 40.6 Å². The van der Waals surface area contributed by atoms with Crippen molar-refractivity contribution in [1.82, 2.24) is 4.90 Å². The Bertz CT molecular complexity index is 990. The maximum absolute atomic E-state index is 13.5. The van der Waals surface area contributed by atoms with Crippen LogP contribution < -0.4 is 4.90 Å². The highest BCUT2D eigenvalue weighted by Gasteiger charge is 2.43. The number of carbonyl (C=O) groups excluding carboxylic acids is 2. The van der Waals surface area contributed by atoms with Crippen LogP contribution in [0.3, 0.4) is 0 Å². The van der Waals surface area contributed by atoms with Gasteiger partial charge in [0.15, 0.2) is 0 Å². The van der Waals surface area contributed by atoms with Crippen molar-refractivity contribution >= 4 is 39.0 Å². The second-order valence-corrected chi connectivity index (χ2v) is 8.43. The van der Waals surface area contributed by atoms with Crippen LogP contribution in [0.25, 0.3) is 5.57 Å². The van der Waals surface area contributed by atoms with Gasteiger partial charge in [0.25, 0.3) is 11.8 Å². The first-order chi connectivity index (χ1) is 13.5. The minimum absolute atomic E-state index is 0.222. The third-order valence-corrected chi connectivity index (χ3v) is 5.94. The highest BCUT2D eigenvalue weighted by atomic mass is 79.9. The second-order valence-electron chi connectivity index (χ2n) is 7.52. The van der Waals surface area contributed by atoms with Gasteiger partial charge in [0.2, 0.25) is 0 Å². The number of amides is 2. The third kappa shape index (κ3) is 3.28. The Labute approximate surface area is 174 Å². The predicted molar refractivity (Wildman–Crippen MR) is 115 cm³/mol. The van der Waals surface area contributed by atoms with Crippen molar-refractivity contribution < 1.29 is 9.59 Å². The minimum Gasteiger partial charge on any atom is -0.366 e. The largest absolute Gasteiger partial charge is 0.366 e. The lowest BCUT2D eigenvalue weighted by molar-refractivity contribution is -0.120. The number of halogens is 1. The van der Waals surface area contributed by atoms with Gasteiger partial charge in [-0.05, 0) is 62.4 Å². The molecule has 0 spiro atoms. The Morgan fingerprint density at radius 2 is 1.64 bits per heavy atom. The smallest absolute Gasteiger partial charge is 0.282 e. The summed E-state index contributed by atoms with van der Waals surface area (Å²) in [5.41, 5.74) is 4.69. The van der Waals surface area contributed by atoms with Gasteiger partial charge < -0.3 is 4.90 Å². The Morgan fingerprint density at radius 1 is 0.893 bits per heavy atom. The van der Waals surface area contributed by atoms with Gasteiger partial charge in [-0.2, -0.15) is 0 Å². The maximum Gasteiger partial charge on any atom is 0.282 e. The molecule has 2 aliphatic rings. The molecule has 0 unspecified atom stereocenters. The van der Waals surface area contributed by atoms with Crippen LogP contribution in [0, 0.1) is 13.8 Å². The Kier molecular flexibility index (Phi) is 5.11. The van der Waals surface area contributed by atoms with Gasteiger partial charge >= 0.3 is 0 Å². The van der Waals surface area contributed by atoms with Crippen LogP contribution in [-0.4, -0.2) is 29.8 Å². The molecule has 0 aromatic heterocycles. The lowest BCUT2D eigenvalue weighted by Crippen LogP contribution is -2.37. The van der Waals surface area contributed by atoms with Crippen molar-refractivity contribution in [3.63, 3.8) is 0 Å². The van der Waals surface area contributed by atoms with Crippen LogP contribution >= 0.6 is 15.9 Å². The van der Waals surface area contributed by atoms with Gasteiger partial charge in [-0.25, -0.2) is 4.90 Å². The summed E-state index contributed by atoms with van der Waals surface area (Å²) in [6, 6.07) is 13.4. The summed E-state index contributed by atoms with van der Waals surface area (Å²) >= 11 is 3.45. The number of carbonyl (C=O) groups is 2. The standard InChI is InChI=1S/C23H23BrN2O2/c1-15-9-10-19(16(2)13-15)20-21(25-11-4-3-5-12-25)23(28)26(22(20)27)18-8-6-7-17(24)14-18/h6-10,13-14H,3-5,11-12H2,1-2H3. The van der Waals surface area contributed by atoms with E-state index >= 15 is 0 Å². The molecule has 4 nitrogen and oxygen atoms in total. The zero-order valence-electron chi connectivity index (χ0n) is 16.2. The van der Waals surface area contributed by atoms with Gasteiger partial charge in [-0.15, -0.1) is 0 Å². The van der Waals surface area contributed by atoms with Crippen LogP contribution in [0.4, 0.5) is 5.69 Å². The molecule has 0 bridgehead atoms. The molecule has 5 heteroatoms. The zero-order chi connectivity index (χ0) is 19.8. The maximum atomic E-state index is 13.5. The van der Waals surface area contributed by atoms with Gasteiger partial charge in [0, 0.05) is 17.6 Å². The molecule has 2 aromatic rings. The molecule has 4 rings (SSSR count). The fourth-order valence-corrected chi connectivity index (χ4v) is 4.50. The molecule has 0 saturated carbocycles. The molecule has 1 saturated heterocycles. The van der Waals surface area contributed by atoms with Crippen molar-refractivity contribution in [2.75, 3.05) is 18.0 Å². The normalized spacial score (nSPS) is 17.7. The van der Waals surface area contributed by atoms with Gasteiger partial charge in [0.1, 0.15) is 5.70 Å². The van der Waals surface area contributed by atoms with E-state index in [4.69, 9.17) is 0 Å². The number of nitrogens with zero attached hydrogens (tertiary/aromatic N) is 2. The van der Waals surface area contributed by atoms with Crippen molar-refractivity contribution in [2.45, 2.75) is 33.1 Å². The highest BCUT2D eigenvalue weighted by Crippen LogP contribution is 2.37. The molecule has 0 N–H and O–H groups in total. The SMILES string of the molecule is Cc1ccc(C2=C(N3CCCCC3)C(=O)N(c3cccc(Br)c3)C2=O)c(C)c1. The van der Waals surface area contributed by atoms with Crippen LogP contribution in [0.2, 0.25) is 0 Å². The van der Waals surface area contributed by atoms with Crippen molar-refractivity contribution in [1.29, 1.82) is 0 Å². The van der Waals surface area contributed by atoms with Crippen LogP contribution in [0.5, 0.6) is 0 Å². The number of hydrogen-bond donors (Lipinski definition) is 0. The lowest BCUT2D eigenvalue weighted by atomic mass is 9.97. The molecule has 0 aliphatic carbocycles. The number of benzene rings is 2. The lowest BCUT2D eigenvalue weighted by Gasteiger charge is -2.29. The van der Waals surface area contributed by atoms with E-state index in [0.717, 1.165) is 47.1 Å². The van der Waals surface area contributed by atoms with E-state index in [2.05, 4.69) is 26.9 Å². The van der Waals surface area contributed by atoms with Crippen LogP contribution in [-0.2, 0) is 9.59 Å². The first-order valence-electron chi connectivity index (χ1n) is 9.68. The van der Waals surface area contributed by atoms with E-state index in [-0.39, 0.29) is 11.8 Å². The quantitative estimate of drug-likeness (QED) is 0.643. The van der Waals surface area contributed by atoms with E-state index in [1.165, 1.54) is 11.3 Å². The summed E-state index contributed by atoms with van der Waals surface area (Å²) in [4.78, 5) is 30.4. The number of imide groups is 1. The average Bonchev–Trinajstić information content (AvgIpc) is 2.93. The summed E-state index contributed by atoms with van der Waals surface area (Å²) in [6.07, 6.45) is 3.25. The fourth-order valence-electron chi connectivity index (χ4n) is 4.12. The fraction of sp³-hybridized carbons (Fsp3) is 0.304. The molecular formula is C23H23BrN2O2. The van der Waals surface area contributed by atoms with Crippen molar-refractivity contribution in [3.05, 3.63) is 69.3 Å². The molecule has 144 valence electrons. The number of anilines is 1. The van der Waals surface area contributed by atoms with Crippen molar-refractivity contribution in [3.8, 4) is 0 Å². The van der Waals surface area contributed by atoms with E-state index in [1.807, 2.05) is 44.2 Å². The second kappa shape index (κ2) is 7.55. The van der Waals surface area contributed by atoms with Gasteiger partial charge in [0.05, 0.1) is 11.3 Å². The summed E-state index contributed by atoms with van der Waals surface area (Å²) in [6.45, 7) is 5.67. The van der Waals surface area contributed by atoms with Crippen molar-refractivity contribution in [2.24, 2.45) is 0 Å². The molecular weight excluding hydrogens is 416 g/mol.